The molecule has 0 spiro atoms. The Labute approximate surface area is 98.7 Å². The Hall–Kier alpha value is -1.31. The maximum atomic E-state index is 11.0. The van der Waals surface area contributed by atoms with Crippen LogP contribution < -0.4 is 0 Å². The van der Waals surface area contributed by atoms with Crippen molar-refractivity contribution in [3.8, 4) is 0 Å². The van der Waals surface area contributed by atoms with Crippen molar-refractivity contribution in [3.63, 3.8) is 0 Å². The van der Waals surface area contributed by atoms with Gasteiger partial charge in [0.05, 0.1) is 6.61 Å². The van der Waals surface area contributed by atoms with Gasteiger partial charge in [-0.3, -0.25) is 0 Å². The summed E-state index contributed by atoms with van der Waals surface area (Å²) in [6.45, 7) is 8.48. The van der Waals surface area contributed by atoms with E-state index in [-0.39, 0.29) is 5.97 Å². The third-order valence-electron chi connectivity index (χ3n) is 1.99. The predicted molar refractivity (Wildman–Crippen MR) is 68.2 cm³/mol. The van der Waals surface area contributed by atoms with Crippen LogP contribution in [0.2, 0.25) is 0 Å². The van der Waals surface area contributed by atoms with E-state index in [4.69, 9.17) is 4.74 Å². The first-order chi connectivity index (χ1) is 7.56. The average Bonchev–Trinajstić information content (AvgIpc) is 2.17. The van der Waals surface area contributed by atoms with Crippen molar-refractivity contribution < 1.29 is 9.53 Å². The number of rotatable bonds is 6. The van der Waals surface area contributed by atoms with Crippen molar-refractivity contribution in [1.82, 2.24) is 0 Å². The highest BCUT2D eigenvalue weighted by molar-refractivity contribution is 5.82. The fourth-order valence-electron chi connectivity index (χ4n) is 1.15. The zero-order chi connectivity index (χ0) is 12.4. The molecule has 2 heteroatoms. The van der Waals surface area contributed by atoms with E-state index < -0.39 is 0 Å². The highest BCUT2D eigenvalue weighted by Gasteiger charge is 1.91. The molecule has 90 valence electrons. The first-order valence-electron chi connectivity index (χ1n) is 5.70. The number of hydrogen-bond acceptors (Lipinski definition) is 2. The Morgan fingerprint density at radius 3 is 2.50 bits per heavy atom. The summed E-state index contributed by atoms with van der Waals surface area (Å²) in [7, 11) is 0. The fraction of sp³-hybridized carbons (Fsp3) is 0.500. The topological polar surface area (TPSA) is 26.3 Å². The van der Waals surface area contributed by atoms with Crippen LogP contribution >= 0.6 is 0 Å². The fourth-order valence-corrected chi connectivity index (χ4v) is 1.15. The highest BCUT2D eigenvalue weighted by atomic mass is 16.5. The maximum Gasteiger partial charge on any atom is 0.330 e. The van der Waals surface area contributed by atoms with Crippen LogP contribution in [0.25, 0.3) is 0 Å². The standard InChI is InChI=1S/C14H22O2/c1-5-16-14(15)11-7-10-13(4)9-6-8-12(2)3/h7-8,10-11H,5-6,9H2,1-4H3/b11-7+,13-10-. The van der Waals surface area contributed by atoms with Crippen molar-refractivity contribution in [3.05, 3.63) is 35.5 Å². The van der Waals surface area contributed by atoms with E-state index in [2.05, 4.69) is 26.8 Å². The van der Waals surface area contributed by atoms with Gasteiger partial charge in [-0.05, 0) is 40.5 Å². The first-order valence-corrected chi connectivity index (χ1v) is 5.70. The molecule has 0 saturated carbocycles. The van der Waals surface area contributed by atoms with E-state index in [1.165, 1.54) is 17.2 Å². The van der Waals surface area contributed by atoms with Gasteiger partial charge in [0.1, 0.15) is 0 Å². The largest absolute Gasteiger partial charge is 0.463 e. The Morgan fingerprint density at radius 1 is 1.25 bits per heavy atom. The van der Waals surface area contributed by atoms with Crippen LogP contribution in [0.1, 0.15) is 40.5 Å². The van der Waals surface area contributed by atoms with E-state index in [0.29, 0.717) is 6.61 Å². The lowest BCUT2D eigenvalue weighted by Gasteiger charge is -1.97. The molecule has 0 atom stereocenters. The lowest BCUT2D eigenvalue weighted by atomic mass is 10.1. The Morgan fingerprint density at radius 2 is 1.94 bits per heavy atom. The molecule has 0 aromatic rings. The van der Waals surface area contributed by atoms with E-state index in [1.54, 1.807) is 13.0 Å². The van der Waals surface area contributed by atoms with Crippen LogP contribution in [0.4, 0.5) is 0 Å². The van der Waals surface area contributed by atoms with Gasteiger partial charge in [-0.15, -0.1) is 0 Å². The summed E-state index contributed by atoms with van der Waals surface area (Å²) in [4.78, 5) is 11.0. The predicted octanol–water partition coefficient (Wildman–Crippen LogP) is 3.80. The van der Waals surface area contributed by atoms with E-state index in [9.17, 15) is 4.79 Å². The van der Waals surface area contributed by atoms with Crippen molar-refractivity contribution in [1.29, 1.82) is 0 Å². The highest BCUT2D eigenvalue weighted by Crippen LogP contribution is 2.06. The second-order valence-corrected chi connectivity index (χ2v) is 3.94. The maximum absolute atomic E-state index is 11.0. The molecule has 2 nitrogen and oxygen atoms in total. The van der Waals surface area contributed by atoms with Crippen molar-refractivity contribution >= 4 is 5.97 Å². The number of carbonyl (C=O) groups excluding carboxylic acids is 1. The smallest absolute Gasteiger partial charge is 0.330 e. The normalized spacial score (nSPS) is 11.6. The molecule has 0 heterocycles. The molecule has 0 unspecified atom stereocenters. The van der Waals surface area contributed by atoms with Gasteiger partial charge < -0.3 is 4.74 Å². The molecule has 0 aromatic heterocycles. The lowest BCUT2D eigenvalue weighted by molar-refractivity contribution is -0.137. The minimum atomic E-state index is -0.282. The van der Waals surface area contributed by atoms with Gasteiger partial charge in [-0.25, -0.2) is 4.79 Å². The van der Waals surface area contributed by atoms with E-state index in [1.807, 2.05) is 6.08 Å². The van der Waals surface area contributed by atoms with Crippen molar-refractivity contribution in [2.45, 2.75) is 40.5 Å². The van der Waals surface area contributed by atoms with Crippen LogP contribution in [0, 0.1) is 0 Å². The Bertz CT molecular complexity index is 292. The average molecular weight is 222 g/mol. The Balaban J connectivity index is 3.95. The van der Waals surface area contributed by atoms with Crippen LogP contribution in [-0.4, -0.2) is 12.6 Å². The number of carbonyl (C=O) groups is 1. The number of esters is 1. The summed E-state index contributed by atoms with van der Waals surface area (Å²) < 4.78 is 4.77. The lowest BCUT2D eigenvalue weighted by Crippen LogP contribution is -1.98. The quantitative estimate of drug-likeness (QED) is 0.296. The zero-order valence-corrected chi connectivity index (χ0v) is 10.7. The molecule has 16 heavy (non-hydrogen) atoms. The molecule has 0 saturated heterocycles. The van der Waals surface area contributed by atoms with Gasteiger partial charge >= 0.3 is 5.97 Å². The molecule has 0 N–H and O–H groups in total. The monoisotopic (exact) mass is 222 g/mol. The number of hydrogen-bond donors (Lipinski definition) is 0. The van der Waals surface area contributed by atoms with Gasteiger partial charge in [0, 0.05) is 6.08 Å². The first kappa shape index (κ1) is 14.7. The van der Waals surface area contributed by atoms with Crippen LogP contribution in [0.15, 0.2) is 35.5 Å². The summed E-state index contributed by atoms with van der Waals surface area (Å²) in [5.41, 5.74) is 2.60. The summed E-state index contributed by atoms with van der Waals surface area (Å²) in [5, 5.41) is 0. The number of ether oxygens (including phenoxy) is 1. The summed E-state index contributed by atoms with van der Waals surface area (Å²) in [5.74, 6) is -0.282. The zero-order valence-electron chi connectivity index (χ0n) is 10.7. The van der Waals surface area contributed by atoms with Gasteiger partial charge in [0.2, 0.25) is 0 Å². The SMILES string of the molecule is CCOC(=O)/C=C/C=C(/C)CCC=C(C)C. The summed E-state index contributed by atoms with van der Waals surface area (Å²) >= 11 is 0. The molecular formula is C14H22O2. The molecule has 0 fully saturated rings. The van der Waals surface area contributed by atoms with E-state index in [0.717, 1.165) is 12.8 Å². The Kier molecular flexibility index (Phi) is 8.22. The molecule has 0 aliphatic rings. The minimum absolute atomic E-state index is 0.282. The van der Waals surface area contributed by atoms with Gasteiger partial charge in [-0.1, -0.05) is 29.4 Å². The molecule has 0 aromatic carbocycles. The van der Waals surface area contributed by atoms with Gasteiger partial charge in [-0.2, -0.15) is 0 Å². The van der Waals surface area contributed by atoms with Crippen molar-refractivity contribution in [2.24, 2.45) is 0 Å². The van der Waals surface area contributed by atoms with Gasteiger partial charge in [0.25, 0.3) is 0 Å². The van der Waals surface area contributed by atoms with Gasteiger partial charge in [0.15, 0.2) is 0 Å². The molecule has 0 amide bonds. The summed E-state index contributed by atoms with van der Waals surface area (Å²) in [6, 6.07) is 0. The van der Waals surface area contributed by atoms with Crippen molar-refractivity contribution in [2.75, 3.05) is 6.61 Å². The third kappa shape index (κ3) is 9.25. The molecule has 0 bridgehead atoms. The minimum Gasteiger partial charge on any atom is -0.463 e. The second-order valence-electron chi connectivity index (χ2n) is 3.94. The molecular weight excluding hydrogens is 200 g/mol. The molecule has 0 aliphatic heterocycles. The number of allylic oxidation sites excluding steroid dienone is 5. The second kappa shape index (κ2) is 8.96. The van der Waals surface area contributed by atoms with Crippen LogP contribution in [0.5, 0.6) is 0 Å². The van der Waals surface area contributed by atoms with Crippen LogP contribution in [0.3, 0.4) is 0 Å². The van der Waals surface area contributed by atoms with Crippen LogP contribution in [-0.2, 0) is 9.53 Å². The molecule has 0 aliphatic carbocycles. The summed E-state index contributed by atoms with van der Waals surface area (Å²) in [6.07, 6.45) is 9.45. The molecule has 0 radical (unpaired) electrons. The van der Waals surface area contributed by atoms with E-state index >= 15 is 0 Å². The molecule has 0 rings (SSSR count). The third-order valence-corrected chi connectivity index (χ3v) is 1.99.